The van der Waals surface area contributed by atoms with Crippen molar-refractivity contribution < 1.29 is 4.79 Å². The zero-order valence-corrected chi connectivity index (χ0v) is 13.0. The average molecular weight is 311 g/mol. The van der Waals surface area contributed by atoms with Crippen molar-refractivity contribution in [1.29, 1.82) is 0 Å². The Morgan fingerprint density at radius 3 is 2.60 bits per heavy atom. The summed E-state index contributed by atoms with van der Waals surface area (Å²) in [6.45, 7) is 4.67. The number of halogens is 2. The zero-order chi connectivity index (χ0) is 14.7. The minimum atomic E-state index is 0.0169. The molecule has 0 saturated carbocycles. The van der Waals surface area contributed by atoms with Crippen LogP contribution in [0.15, 0.2) is 24.3 Å². The molecular weight excluding hydrogens is 295 g/mol. The van der Waals surface area contributed by atoms with Gasteiger partial charge in [-0.1, -0.05) is 36.2 Å². The first-order valence-electron chi connectivity index (χ1n) is 6.59. The van der Waals surface area contributed by atoms with Gasteiger partial charge < -0.3 is 0 Å². The maximum Gasteiger partial charge on any atom is 0.185 e. The second-order valence-corrected chi connectivity index (χ2v) is 5.37. The number of nitrogens with zero attached hydrogens (tertiary/aromatic N) is 2. The summed E-state index contributed by atoms with van der Waals surface area (Å²) in [7, 11) is 0. The third kappa shape index (κ3) is 3.22. The van der Waals surface area contributed by atoms with Crippen molar-refractivity contribution in [3.63, 3.8) is 0 Å². The van der Waals surface area contributed by atoms with Crippen molar-refractivity contribution in [1.82, 2.24) is 9.78 Å². The first kappa shape index (κ1) is 15.1. The molecule has 3 nitrogen and oxygen atoms in total. The summed E-state index contributed by atoms with van der Waals surface area (Å²) >= 11 is 12.0. The standard InChI is InChI=1S/C15H16Cl2N2O/c1-3-12-9-14(19(4-2)18-12)15(20)7-10-5-6-11(16)8-13(10)17/h5-6,8-9H,3-4,7H2,1-2H3. The van der Waals surface area contributed by atoms with Gasteiger partial charge in [-0.05, 0) is 37.1 Å². The molecule has 0 saturated heterocycles. The van der Waals surface area contributed by atoms with Gasteiger partial charge in [0.05, 0.1) is 5.69 Å². The van der Waals surface area contributed by atoms with Gasteiger partial charge >= 0.3 is 0 Å². The summed E-state index contributed by atoms with van der Waals surface area (Å²) in [4.78, 5) is 12.4. The van der Waals surface area contributed by atoms with Crippen molar-refractivity contribution in [2.45, 2.75) is 33.2 Å². The first-order chi connectivity index (χ1) is 9.55. The largest absolute Gasteiger partial charge is 0.292 e. The maximum atomic E-state index is 12.4. The van der Waals surface area contributed by atoms with Crippen LogP contribution in [0.1, 0.15) is 35.6 Å². The monoisotopic (exact) mass is 310 g/mol. The van der Waals surface area contributed by atoms with Crippen LogP contribution in [-0.4, -0.2) is 15.6 Å². The Balaban J connectivity index is 2.25. The minimum absolute atomic E-state index is 0.0169. The van der Waals surface area contributed by atoms with E-state index in [1.54, 1.807) is 22.9 Å². The number of Topliss-reactive ketones (excluding diaryl/α,β-unsaturated/α-hetero) is 1. The molecule has 0 radical (unpaired) electrons. The van der Waals surface area contributed by atoms with Crippen LogP contribution in [0.3, 0.4) is 0 Å². The topological polar surface area (TPSA) is 34.9 Å². The van der Waals surface area contributed by atoms with Crippen LogP contribution < -0.4 is 0 Å². The predicted molar refractivity (Wildman–Crippen MR) is 81.8 cm³/mol. The summed E-state index contributed by atoms with van der Waals surface area (Å²) in [6, 6.07) is 7.04. The molecule has 0 N–H and O–H groups in total. The molecule has 0 aliphatic carbocycles. The summed E-state index contributed by atoms with van der Waals surface area (Å²) in [5.41, 5.74) is 2.34. The van der Waals surface area contributed by atoms with Crippen LogP contribution >= 0.6 is 23.2 Å². The van der Waals surface area contributed by atoms with Crippen LogP contribution in [0.5, 0.6) is 0 Å². The van der Waals surface area contributed by atoms with Gasteiger partial charge in [0.15, 0.2) is 5.78 Å². The molecule has 106 valence electrons. The predicted octanol–water partition coefficient (Wildman–Crippen LogP) is 4.20. The summed E-state index contributed by atoms with van der Waals surface area (Å²) < 4.78 is 1.74. The fourth-order valence-electron chi connectivity index (χ4n) is 2.04. The first-order valence-corrected chi connectivity index (χ1v) is 7.34. The number of ketones is 1. The number of rotatable bonds is 5. The van der Waals surface area contributed by atoms with E-state index in [1.165, 1.54) is 0 Å². The quantitative estimate of drug-likeness (QED) is 0.776. The van der Waals surface area contributed by atoms with E-state index in [-0.39, 0.29) is 12.2 Å². The van der Waals surface area contributed by atoms with Crippen LogP contribution in [0.4, 0.5) is 0 Å². The highest BCUT2D eigenvalue weighted by molar-refractivity contribution is 6.35. The van der Waals surface area contributed by atoms with Gasteiger partial charge in [-0.2, -0.15) is 5.10 Å². The van der Waals surface area contributed by atoms with Crippen LogP contribution in [0, 0.1) is 0 Å². The van der Waals surface area contributed by atoms with Crippen molar-refractivity contribution in [3.8, 4) is 0 Å². The van der Waals surface area contributed by atoms with Gasteiger partial charge in [-0.3, -0.25) is 9.48 Å². The molecular formula is C15H16Cl2N2O. The van der Waals surface area contributed by atoms with E-state index in [4.69, 9.17) is 23.2 Å². The molecule has 5 heteroatoms. The van der Waals surface area contributed by atoms with Crippen molar-refractivity contribution in [2.24, 2.45) is 0 Å². The Kier molecular flexibility index (Phi) is 4.84. The van der Waals surface area contributed by atoms with Gasteiger partial charge in [0.1, 0.15) is 5.69 Å². The molecule has 1 aromatic heterocycles. The van der Waals surface area contributed by atoms with E-state index >= 15 is 0 Å². The van der Waals surface area contributed by atoms with E-state index in [2.05, 4.69) is 5.10 Å². The summed E-state index contributed by atoms with van der Waals surface area (Å²) in [6.07, 6.45) is 1.07. The minimum Gasteiger partial charge on any atom is -0.292 e. The number of aryl methyl sites for hydroxylation is 2. The fraction of sp³-hybridized carbons (Fsp3) is 0.333. The van der Waals surface area contributed by atoms with Crippen LogP contribution in [0.25, 0.3) is 0 Å². The lowest BCUT2D eigenvalue weighted by Gasteiger charge is -2.06. The Hall–Kier alpha value is -1.32. The van der Waals surface area contributed by atoms with Gasteiger partial charge in [-0.15, -0.1) is 0 Å². The van der Waals surface area contributed by atoms with Gasteiger partial charge in [0, 0.05) is 23.0 Å². The molecule has 2 aromatic rings. The molecule has 1 heterocycles. The lowest BCUT2D eigenvalue weighted by Crippen LogP contribution is -2.11. The molecule has 1 aromatic carbocycles. The van der Waals surface area contributed by atoms with Crippen LogP contribution in [-0.2, 0) is 19.4 Å². The average Bonchev–Trinajstić information content (AvgIpc) is 2.85. The van der Waals surface area contributed by atoms with E-state index in [9.17, 15) is 4.79 Å². The molecule has 2 rings (SSSR count). The van der Waals surface area contributed by atoms with E-state index in [0.717, 1.165) is 17.7 Å². The molecule has 0 unspecified atom stereocenters. The molecule has 0 aliphatic heterocycles. The zero-order valence-electron chi connectivity index (χ0n) is 11.5. The normalized spacial score (nSPS) is 10.8. The molecule has 0 spiro atoms. The highest BCUT2D eigenvalue weighted by atomic mass is 35.5. The Labute approximate surface area is 128 Å². The molecule has 20 heavy (non-hydrogen) atoms. The fourth-order valence-corrected chi connectivity index (χ4v) is 2.51. The summed E-state index contributed by atoms with van der Waals surface area (Å²) in [5.74, 6) is 0.0169. The number of carbonyl (C=O) groups excluding carboxylic acids is 1. The number of carbonyl (C=O) groups is 1. The van der Waals surface area contributed by atoms with Crippen molar-refractivity contribution in [3.05, 3.63) is 51.3 Å². The molecule has 0 fully saturated rings. The van der Waals surface area contributed by atoms with E-state index < -0.39 is 0 Å². The highest BCUT2D eigenvalue weighted by Crippen LogP contribution is 2.22. The second kappa shape index (κ2) is 6.42. The number of hydrogen-bond acceptors (Lipinski definition) is 2. The van der Waals surface area contributed by atoms with E-state index in [0.29, 0.717) is 22.3 Å². The summed E-state index contributed by atoms with van der Waals surface area (Å²) in [5, 5.41) is 5.47. The van der Waals surface area contributed by atoms with Gasteiger partial charge in [0.25, 0.3) is 0 Å². The number of aromatic nitrogens is 2. The smallest absolute Gasteiger partial charge is 0.185 e. The number of hydrogen-bond donors (Lipinski definition) is 0. The number of benzene rings is 1. The van der Waals surface area contributed by atoms with Gasteiger partial charge in [0.2, 0.25) is 0 Å². The third-order valence-corrected chi connectivity index (χ3v) is 3.73. The Bertz CT molecular complexity index is 635. The lowest BCUT2D eigenvalue weighted by atomic mass is 10.1. The lowest BCUT2D eigenvalue weighted by molar-refractivity contribution is 0.0983. The second-order valence-electron chi connectivity index (χ2n) is 4.53. The van der Waals surface area contributed by atoms with Crippen molar-refractivity contribution in [2.75, 3.05) is 0 Å². The molecule has 0 amide bonds. The maximum absolute atomic E-state index is 12.4. The Morgan fingerprint density at radius 1 is 1.25 bits per heavy atom. The molecule has 0 aliphatic rings. The van der Waals surface area contributed by atoms with Crippen LogP contribution in [0.2, 0.25) is 10.0 Å². The molecule has 0 bridgehead atoms. The third-order valence-electron chi connectivity index (χ3n) is 3.14. The SMILES string of the molecule is CCc1cc(C(=O)Cc2ccc(Cl)cc2Cl)n(CC)n1. The van der Waals surface area contributed by atoms with Gasteiger partial charge in [-0.25, -0.2) is 0 Å². The van der Waals surface area contributed by atoms with Crippen molar-refractivity contribution >= 4 is 29.0 Å². The molecule has 0 atom stereocenters. The van der Waals surface area contributed by atoms with E-state index in [1.807, 2.05) is 19.9 Å². The Morgan fingerprint density at radius 2 is 2.00 bits per heavy atom. The highest BCUT2D eigenvalue weighted by Gasteiger charge is 2.16.